The van der Waals surface area contributed by atoms with Crippen molar-refractivity contribution in [2.75, 3.05) is 5.32 Å². The van der Waals surface area contributed by atoms with Gasteiger partial charge in [0.2, 0.25) is 0 Å². The first-order valence-electron chi connectivity index (χ1n) is 4.75. The fourth-order valence-electron chi connectivity index (χ4n) is 1.31. The number of rotatable bonds is 3. The zero-order chi connectivity index (χ0) is 13.1. The number of phenols is 1. The summed E-state index contributed by atoms with van der Waals surface area (Å²) >= 11 is 1.22. The Hall–Kier alpha value is -2.48. The summed E-state index contributed by atoms with van der Waals surface area (Å²) in [6, 6.07) is 3.77. The number of amides is 1. The van der Waals surface area contributed by atoms with Crippen LogP contribution in [0.15, 0.2) is 29.1 Å². The van der Waals surface area contributed by atoms with E-state index in [-0.39, 0.29) is 22.8 Å². The Balaban J connectivity index is 2.34. The lowest BCUT2D eigenvalue weighted by Gasteiger charge is -2.06. The maximum Gasteiger partial charge on any atom is 0.296 e. The van der Waals surface area contributed by atoms with Crippen molar-refractivity contribution in [1.82, 2.24) is 4.98 Å². The SMILES string of the molecule is O=C(Nc1c(O)cccc1[N+](=O)[O-])c1cscn1. The zero-order valence-corrected chi connectivity index (χ0v) is 9.68. The molecule has 1 amide bonds. The minimum Gasteiger partial charge on any atom is -0.505 e. The van der Waals surface area contributed by atoms with E-state index >= 15 is 0 Å². The normalized spacial score (nSPS) is 10.0. The van der Waals surface area contributed by atoms with Crippen LogP contribution in [0, 0.1) is 10.1 Å². The van der Waals surface area contributed by atoms with Gasteiger partial charge in [-0.2, -0.15) is 0 Å². The summed E-state index contributed by atoms with van der Waals surface area (Å²) in [7, 11) is 0. The number of aromatic nitrogens is 1. The fourth-order valence-corrected chi connectivity index (χ4v) is 1.84. The highest BCUT2D eigenvalue weighted by Crippen LogP contribution is 2.33. The number of anilines is 1. The van der Waals surface area contributed by atoms with E-state index in [2.05, 4.69) is 10.3 Å². The van der Waals surface area contributed by atoms with Crippen molar-refractivity contribution in [3.8, 4) is 5.75 Å². The molecule has 0 saturated carbocycles. The van der Waals surface area contributed by atoms with E-state index in [4.69, 9.17) is 0 Å². The summed E-state index contributed by atoms with van der Waals surface area (Å²) in [4.78, 5) is 25.6. The van der Waals surface area contributed by atoms with Crippen LogP contribution < -0.4 is 5.32 Å². The smallest absolute Gasteiger partial charge is 0.296 e. The second-order valence-electron chi connectivity index (χ2n) is 3.26. The predicted molar refractivity (Wildman–Crippen MR) is 64.8 cm³/mol. The fraction of sp³-hybridized carbons (Fsp3) is 0. The second-order valence-corrected chi connectivity index (χ2v) is 3.97. The molecule has 0 aliphatic heterocycles. The highest BCUT2D eigenvalue weighted by atomic mass is 32.1. The van der Waals surface area contributed by atoms with E-state index in [1.54, 1.807) is 0 Å². The third kappa shape index (κ3) is 2.28. The van der Waals surface area contributed by atoms with Crippen molar-refractivity contribution in [3.05, 3.63) is 44.9 Å². The number of hydrogen-bond acceptors (Lipinski definition) is 6. The van der Waals surface area contributed by atoms with Crippen molar-refractivity contribution in [1.29, 1.82) is 0 Å². The molecule has 2 aromatic rings. The molecular weight excluding hydrogens is 258 g/mol. The summed E-state index contributed by atoms with van der Waals surface area (Å²) in [6.07, 6.45) is 0. The van der Waals surface area contributed by atoms with Gasteiger partial charge in [0.25, 0.3) is 11.6 Å². The van der Waals surface area contributed by atoms with E-state index in [1.165, 1.54) is 40.4 Å². The molecule has 92 valence electrons. The lowest BCUT2D eigenvalue weighted by Crippen LogP contribution is -2.13. The summed E-state index contributed by atoms with van der Waals surface area (Å²) in [5.41, 5.74) is 0.991. The number of hydrogen-bond donors (Lipinski definition) is 2. The van der Waals surface area contributed by atoms with Crippen molar-refractivity contribution < 1.29 is 14.8 Å². The van der Waals surface area contributed by atoms with Gasteiger partial charge in [0.1, 0.15) is 11.4 Å². The van der Waals surface area contributed by atoms with E-state index in [0.29, 0.717) is 0 Å². The Kier molecular flexibility index (Phi) is 3.20. The lowest BCUT2D eigenvalue weighted by atomic mass is 10.2. The van der Waals surface area contributed by atoms with Gasteiger partial charge in [0.05, 0.1) is 10.4 Å². The Labute approximate surface area is 105 Å². The third-order valence-electron chi connectivity index (χ3n) is 2.12. The van der Waals surface area contributed by atoms with Crippen LogP contribution in [0.1, 0.15) is 10.5 Å². The van der Waals surface area contributed by atoms with Crippen LogP contribution in [-0.4, -0.2) is 20.9 Å². The van der Waals surface area contributed by atoms with Gasteiger partial charge in [-0.1, -0.05) is 6.07 Å². The number of nitro groups is 1. The lowest BCUT2D eigenvalue weighted by molar-refractivity contribution is -0.384. The molecule has 8 heteroatoms. The highest BCUT2D eigenvalue weighted by molar-refractivity contribution is 7.07. The molecule has 0 aliphatic carbocycles. The van der Waals surface area contributed by atoms with Gasteiger partial charge < -0.3 is 10.4 Å². The molecule has 1 aromatic heterocycles. The summed E-state index contributed by atoms with van der Waals surface area (Å²) in [5.74, 6) is -0.978. The molecule has 2 N–H and O–H groups in total. The maximum absolute atomic E-state index is 11.7. The molecule has 1 aromatic carbocycles. The Morgan fingerprint density at radius 3 is 2.89 bits per heavy atom. The van der Waals surface area contributed by atoms with Crippen molar-refractivity contribution in [2.24, 2.45) is 0 Å². The van der Waals surface area contributed by atoms with Crippen LogP contribution in [0.2, 0.25) is 0 Å². The number of nitrogens with zero attached hydrogens (tertiary/aromatic N) is 2. The topological polar surface area (TPSA) is 105 Å². The Bertz CT molecular complexity index is 597. The van der Waals surface area contributed by atoms with Crippen LogP contribution in [0.3, 0.4) is 0 Å². The van der Waals surface area contributed by atoms with Crippen LogP contribution in [0.4, 0.5) is 11.4 Å². The first-order valence-corrected chi connectivity index (χ1v) is 5.70. The van der Waals surface area contributed by atoms with Gasteiger partial charge in [-0.15, -0.1) is 11.3 Å². The molecule has 7 nitrogen and oxygen atoms in total. The number of nitrogens with one attached hydrogen (secondary N) is 1. The van der Waals surface area contributed by atoms with Gasteiger partial charge in [-0.3, -0.25) is 14.9 Å². The molecule has 0 bridgehead atoms. The monoisotopic (exact) mass is 265 g/mol. The molecule has 0 spiro atoms. The molecule has 18 heavy (non-hydrogen) atoms. The first-order chi connectivity index (χ1) is 8.59. The van der Waals surface area contributed by atoms with Gasteiger partial charge in [-0.05, 0) is 6.07 Å². The molecule has 0 fully saturated rings. The average molecular weight is 265 g/mol. The van der Waals surface area contributed by atoms with Crippen molar-refractivity contribution in [3.63, 3.8) is 0 Å². The van der Waals surface area contributed by atoms with Crippen LogP contribution >= 0.6 is 11.3 Å². The van der Waals surface area contributed by atoms with Crippen LogP contribution in [0.25, 0.3) is 0 Å². The van der Waals surface area contributed by atoms with E-state index in [0.717, 1.165) is 0 Å². The molecule has 2 rings (SSSR count). The van der Waals surface area contributed by atoms with Crippen molar-refractivity contribution in [2.45, 2.75) is 0 Å². The number of phenolic OH excluding ortho intramolecular Hbond substituents is 1. The minimum atomic E-state index is -0.684. The summed E-state index contributed by atoms with van der Waals surface area (Å²) < 4.78 is 0. The zero-order valence-electron chi connectivity index (χ0n) is 8.86. The van der Waals surface area contributed by atoms with Crippen molar-refractivity contribution >= 4 is 28.6 Å². The maximum atomic E-state index is 11.7. The molecule has 0 unspecified atom stereocenters. The molecule has 0 radical (unpaired) electrons. The van der Waals surface area contributed by atoms with E-state index in [1.807, 2.05) is 0 Å². The predicted octanol–water partition coefficient (Wildman–Crippen LogP) is 2.01. The molecule has 1 heterocycles. The minimum absolute atomic E-state index is 0.137. The van der Waals surface area contributed by atoms with Gasteiger partial charge >= 0.3 is 0 Å². The summed E-state index contributed by atoms with van der Waals surface area (Å²) in [6.45, 7) is 0. The standard InChI is InChI=1S/C10H7N3O4S/c14-8-3-1-2-7(13(16)17)9(8)12-10(15)6-4-18-5-11-6/h1-5,14H,(H,12,15). The number of carbonyl (C=O) groups is 1. The van der Waals surface area contributed by atoms with Crippen LogP contribution in [0.5, 0.6) is 5.75 Å². The third-order valence-corrected chi connectivity index (χ3v) is 2.71. The van der Waals surface area contributed by atoms with Gasteiger partial charge in [0, 0.05) is 11.4 Å². The number of aromatic hydroxyl groups is 1. The number of benzene rings is 1. The van der Waals surface area contributed by atoms with Gasteiger partial charge in [0.15, 0.2) is 5.69 Å². The van der Waals surface area contributed by atoms with E-state index < -0.39 is 10.8 Å². The largest absolute Gasteiger partial charge is 0.505 e. The quantitative estimate of drug-likeness (QED) is 0.501. The first kappa shape index (κ1) is 12.0. The number of para-hydroxylation sites is 1. The van der Waals surface area contributed by atoms with Gasteiger partial charge in [-0.25, -0.2) is 4.98 Å². The number of nitro benzene ring substituents is 1. The average Bonchev–Trinajstić information content (AvgIpc) is 2.85. The number of thiazole rings is 1. The molecule has 0 saturated heterocycles. The second kappa shape index (κ2) is 4.80. The molecule has 0 atom stereocenters. The number of carbonyl (C=O) groups excluding carboxylic acids is 1. The molecule has 0 aliphatic rings. The van der Waals surface area contributed by atoms with E-state index in [9.17, 15) is 20.0 Å². The Morgan fingerprint density at radius 2 is 2.28 bits per heavy atom. The van der Waals surface area contributed by atoms with Crippen LogP contribution in [-0.2, 0) is 0 Å². The molecular formula is C10H7N3O4S. The summed E-state index contributed by atoms with van der Waals surface area (Å²) in [5, 5.41) is 24.1. The highest BCUT2D eigenvalue weighted by Gasteiger charge is 2.20. The Morgan fingerprint density at radius 1 is 1.50 bits per heavy atom.